The molecule has 52 heavy (non-hydrogen) atoms. The standard InChI is InChI=1S/C38H47FN4O8Si/c1-5-50-29-12-14-32-26(20-29)21-31(40-16-6-7-17-44)36(46)42(32)27-10-8-9-25(19-27)23-41-33-13-11-28(43(48)49)22-30(33)38(37(41)47)24(2)35(52(3,4)39)34(51-38)15-18-45/h8-14,19-20,22,24,31,34-35,40,44-45H,5-7,15-18,21,23H2,1-4H3/t24-,31?,34+,35-,38+/m0/s1. The minimum Gasteiger partial charge on any atom is -0.494 e. The molecule has 1 fully saturated rings. The SMILES string of the molecule is CCOc1ccc2c(c1)CC(NCCCCO)C(=O)N2c1cccc(CN2C(=O)[C@]3(O[C@H](CCO)[C@@H]([Si](C)(C)F)[C@@H]3C)c3cc([N+](=O)[O-])ccc32)c1. The van der Waals surface area contributed by atoms with E-state index in [1.54, 1.807) is 31.0 Å². The number of hydrogen-bond acceptors (Lipinski definition) is 9. The molecule has 2 amide bonds. The summed E-state index contributed by atoms with van der Waals surface area (Å²) in [4.78, 5) is 43.5. The third-order valence-electron chi connectivity index (χ3n) is 10.6. The number of aliphatic hydroxyl groups is 2. The predicted molar refractivity (Wildman–Crippen MR) is 197 cm³/mol. The van der Waals surface area contributed by atoms with Gasteiger partial charge >= 0.3 is 0 Å². The van der Waals surface area contributed by atoms with Gasteiger partial charge in [0.15, 0.2) is 5.60 Å². The largest absolute Gasteiger partial charge is 0.494 e. The minimum atomic E-state index is -3.46. The summed E-state index contributed by atoms with van der Waals surface area (Å²) in [5, 5.41) is 34.4. The molecule has 6 rings (SSSR count). The first kappa shape index (κ1) is 37.5. The van der Waals surface area contributed by atoms with Crippen LogP contribution in [0.25, 0.3) is 0 Å². The Bertz CT molecular complexity index is 1840. The van der Waals surface area contributed by atoms with E-state index < -0.39 is 48.4 Å². The summed E-state index contributed by atoms with van der Waals surface area (Å²) in [7, 11) is -3.46. The fraction of sp³-hybridized carbons (Fsp3) is 0.474. The van der Waals surface area contributed by atoms with E-state index >= 15 is 4.11 Å². The Balaban J connectivity index is 1.38. The first-order valence-corrected chi connectivity index (χ1v) is 20.9. The quantitative estimate of drug-likeness (QED) is 0.0627. The Morgan fingerprint density at radius 2 is 1.85 bits per heavy atom. The van der Waals surface area contributed by atoms with Gasteiger partial charge in [-0.05, 0) is 99.8 Å². The molecule has 3 heterocycles. The molecule has 3 aliphatic heterocycles. The minimum absolute atomic E-state index is 0.0576. The molecule has 3 aromatic rings. The predicted octanol–water partition coefficient (Wildman–Crippen LogP) is 5.65. The molecule has 3 aromatic carbocycles. The van der Waals surface area contributed by atoms with Crippen molar-refractivity contribution in [2.24, 2.45) is 5.92 Å². The molecule has 12 nitrogen and oxygen atoms in total. The highest BCUT2D eigenvalue weighted by molar-refractivity contribution is 6.72. The van der Waals surface area contributed by atoms with Crippen LogP contribution in [0.5, 0.6) is 5.75 Å². The Hall–Kier alpha value is -4.21. The molecule has 1 unspecified atom stereocenters. The van der Waals surface area contributed by atoms with E-state index in [4.69, 9.17) is 9.47 Å². The lowest BCUT2D eigenvalue weighted by atomic mass is 9.82. The van der Waals surface area contributed by atoms with Crippen LogP contribution in [-0.4, -0.2) is 73.9 Å². The van der Waals surface area contributed by atoms with Crippen molar-refractivity contribution in [2.75, 3.05) is 36.2 Å². The number of hydrogen-bond donors (Lipinski definition) is 3. The number of halogens is 1. The summed E-state index contributed by atoms with van der Waals surface area (Å²) in [6.45, 7) is 7.73. The maximum atomic E-state index is 15.9. The molecular weight excluding hydrogens is 688 g/mol. The number of carbonyl (C=O) groups excluding carboxylic acids is 2. The van der Waals surface area contributed by atoms with Crippen molar-refractivity contribution in [3.63, 3.8) is 0 Å². The Morgan fingerprint density at radius 1 is 1.08 bits per heavy atom. The van der Waals surface area contributed by atoms with E-state index in [1.165, 1.54) is 17.0 Å². The van der Waals surface area contributed by atoms with Gasteiger partial charge in [0.2, 0.25) is 14.3 Å². The maximum Gasteiger partial charge on any atom is 0.269 e. The molecule has 3 N–H and O–H groups in total. The molecule has 0 aliphatic carbocycles. The molecule has 0 radical (unpaired) electrons. The number of anilines is 3. The average Bonchev–Trinajstić information content (AvgIpc) is 3.53. The molecule has 14 heteroatoms. The summed E-state index contributed by atoms with van der Waals surface area (Å²) < 4.78 is 28.3. The normalized spacial score (nSPS) is 24.1. The van der Waals surface area contributed by atoms with Crippen LogP contribution in [0, 0.1) is 16.0 Å². The lowest BCUT2D eigenvalue weighted by Crippen LogP contribution is -2.49. The molecule has 0 saturated carbocycles. The van der Waals surface area contributed by atoms with Gasteiger partial charge in [0.05, 0.1) is 41.6 Å². The average molecular weight is 735 g/mol. The van der Waals surface area contributed by atoms with Crippen molar-refractivity contribution in [2.45, 2.75) is 82.5 Å². The highest BCUT2D eigenvalue weighted by Gasteiger charge is 2.66. The van der Waals surface area contributed by atoms with Crippen LogP contribution in [0.1, 0.15) is 49.8 Å². The maximum absolute atomic E-state index is 15.9. The van der Waals surface area contributed by atoms with Crippen LogP contribution in [0.4, 0.5) is 26.9 Å². The van der Waals surface area contributed by atoms with Crippen LogP contribution in [0.2, 0.25) is 18.6 Å². The van der Waals surface area contributed by atoms with E-state index in [0.717, 1.165) is 11.3 Å². The summed E-state index contributed by atoms with van der Waals surface area (Å²) in [6, 6.07) is 16.7. The zero-order chi connectivity index (χ0) is 37.4. The highest BCUT2D eigenvalue weighted by atomic mass is 28.4. The first-order chi connectivity index (χ1) is 24.8. The number of ether oxygens (including phenoxy) is 2. The summed E-state index contributed by atoms with van der Waals surface area (Å²) in [5.41, 5.74) is 1.18. The Morgan fingerprint density at radius 3 is 2.54 bits per heavy atom. The number of aliphatic hydroxyl groups excluding tert-OH is 2. The summed E-state index contributed by atoms with van der Waals surface area (Å²) >= 11 is 0. The van der Waals surface area contributed by atoms with Crippen LogP contribution in [-0.2, 0) is 32.9 Å². The zero-order valence-electron chi connectivity index (χ0n) is 30.0. The molecule has 3 aliphatic rings. The van der Waals surface area contributed by atoms with Gasteiger partial charge in [-0.3, -0.25) is 24.6 Å². The molecule has 1 saturated heterocycles. The van der Waals surface area contributed by atoms with Crippen molar-refractivity contribution in [3.05, 3.63) is 87.5 Å². The van der Waals surface area contributed by atoms with Crippen molar-refractivity contribution in [1.29, 1.82) is 0 Å². The van der Waals surface area contributed by atoms with Gasteiger partial charge in [0, 0.05) is 48.1 Å². The topological polar surface area (TPSA) is 155 Å². The van der Waals surface area contributed by atoms with Gasteiger partial charge in [-0.2, -0.15) is 0 Å². The van der Waals surface area contributed by atoms with Crippen molar-refractivity contribution < 1.29 is 38.3 Å². The number of nitrogens with zero attached hydrogens (tertiary/aromatic N) is 3. The van der Waals surface area contributed by atoms with E-state index in [2.05, 4.69) is 5.32 Å². The summed E-state index contributed by atoms with van der Waals surface area (Å²) in [5.74, 6) is -0.543. The van der Waals surface area contributed by atoms with Crippen LogP contribution >= 0.6 is 0 Å². The van der Waals surface area contributed by atoms with Crippen molar-refractivity contribution >= 4 is 43.0 Å². The van der Waals surface area contributed by atoms with Gasteiger partial charge in [0.1, 0.15) is 5.75 Å². The second kappa shape index (κ2) is 15.0. The second-order valence-electron chi connectivity index (χ2n) is 14.3. The number of benzene rings is 3. The monoisotopic (exact) mass is 734 g/mol. The Kier molecular flexibility index (Phi) is 10.8. The number of fused-ring (bicyclic) bond motifs is 3. The van der Waals surface area contributed by atoms with Crippen molar-refractivity contribution in [1.82, 2.24) is 5.32 Å². The van der Waals surface area contributed by atoms with Gasteiger partial charge < -0.3 is 34.0 Å². The number of amides is 2. The number of non-ortho nitro benzene ring substituents is 1. The second-order valence-corrected chi connectivity index (χ2v) is 18.1. The highest BCUT2D eigenvalue weighted by Crippen LogP contribution is 2.60. The van der Waals surface area contributed by atoms with E-state index in [0.29, 0.717) is 60.7 Å². The summed E-state index contributed by atoms with van der Waals surface area (Å²) in [6.07, 6.45) is 1.19. The van der Waals surface area contributed by atoms with Crippen LogP contribution in [0.15, 0.2) is 60.7 Å². The first-order valence-electron chi connectivity index (χ1n) is 18.0. The number of nitro benzene ring substituents is 1. The third kappa shape index (κ3) is 6.73. The number of unbranched alkanes of at least 4 members (excludes halogenated alkanes) is 1. The lowest BCUT2D eigenvalue weighted by Gasteiger charge is -2.35. The van der Waals surface area contributed by atoms with Gasteiger partial charge in [-0.1, -0.05) is 19.1 Å². The van der Waals surface area contributed by atoms with Crippen molar-refractivity contribution in [3.8, 4) is 5.75 Å². The van der Waals surface area contributed by atoms with Gasteiger partial charge in [0.25, 0.3) is 11.6 Å². The third-order valence-corrected chi connectivity index (χ3v) is 13.1. The van der Waals surface area contributed by atoms with Crippen LogP contribution < -0.4 is 19.9 Å². The number of rotatable bonds is 14. The molecule has 1 spiro atoms. The molecule has 0 aromatic heterocycles. The van der Waals surface area contributed by atoms with E-state index in [-0.39, 0.29) is 37.8 Å². The number of nitrogens with one attached hydrogen (secondary N) is 1. The van der Waals surface area contributed by atoms with E-state index in [9.17, 15) is 29.9 Å². The van der Waals surface area contributed by atoms with E-state index in [1.807, 2.05) is 49.4 Å². The van der Waals surface area contributed by atoms with Crippen LogP contribution in [0.3, 0.4) is 0 Å². The number of nitro groups is 1. The molecule has 0 bridgehead atoms. The smallest absolute Gasteiger partial charge is 0.269 e. The van der Waals surface area contributed by atoms with Gasteiger partial charge in [-0.15, -0.1) is 0 Å². The molecule has 5 atom stereocenters. The zero-order valence-corrected chi connectivity index (χ0v) is 31.0. The van der Waals surface area contributed by atoms with Gasteiger partial charge in [-0.25, -0.2) is 0 Å². The Labute approximate surface area is 303 Å². The molecular formula is C38H47FN4O8Si. The fourth-order valence-electron chi connectivity index (χ4n) is 8.40. The molecule has 278 valence electrons. The lowest BCUT2D eigenvalue weighted by molar-refractivity contribution is -0.385. The fourth-order valence-corrected chi connectivity index (χ4v) is 10.9. The number of carbonyl (C=O) groups is 2.